The number of fused-ring (bicyclic) bond motifs is 1. The highest BCUT2D eigenvalue weighted by atomic mass is 16.5. The second-order valence-corrected chi connectivity index (χ2v) is 5.69. The van der Waals surface area contributed by atoms with Crippen molar-refractivity contribution in [1.82, 2.24) is 10.3 Å². The molecule has 26 heavy (non-hydrogen) atoms. The van der Waals surface area contributed by atoms with Crippen LogP contribution in [0.2, 0.25) is 0 Å². The van der Waals surface area contributed by atoms with Crippen molar-refractivity contribution in [3.8, 4) is 11.5 Å². The Morgan fingerprint density at radius 3 is 2.73 bits per heavy atom. The lowest BCUT2D eigenvalue weighted by molar-refractivity contribution is -0.117. The van der Waals surface area contributed by atoms with Crippen LogP contribution in [0.1, 0.15) is 24.4 Å². The van der Waals surface area contributed by atoms with Crippen LogP contribution in [0.3, 0.4) is 0 Å². The Morgan fingerprint density at radius 1 is 1.19 bits per heavy atom. The first-order valence-electron chi connectivity index (χ1n) is 8.17. The maximum absolute atomic E-state index is 12.2. The van der Waals surface area contributed by atoms with Crippen molar-refractivity contribution in [1.29, 1.82) is 0 Å². The van der Waals surface area contributed by atoms with E-state index >= 15 is 0 Å². The predicted octanol–water partition coefficient (Wildman–Crippen LogP) is 3.74. The fourth-order valence-corrected chi connectivity index (χ4v) is 2.63. The van der Waals surface area contributed by atoms with Gasteiger partial charge in [0.15, 0.2) is 5.58 Å². The maximum atomic E-state index is 12.2. The molecule has 0 spiro atoms. The molecule has 0 bridgehead atoms. The van der Waals surface area contributed by atoms with Crippen LogP contribution in [0, 0.1) is 0 Å². The molecule has 3 rings (SSSR count). The minimum absolute atomic E-state index is 0.260. The lowest BCUT2D eigenvalue weighted by atomic mass is 10.1. The Morgan fingerprint density at radius 2 is 2.00 bits per heavy atom. The summed E-state index contributed by atoms with van der Waals surface area (Å²) < 4.78 is 16.2. The largest absolute Gasteiger partial charge is 0.497 e. The second kappa shape index (κ2) is 7.74. The third-order valence-corrected chi connectivity index (χ3v) is 3.95. The number of ether oxygens (including phenoxy) is 2. The number of rotatable bonds is 6. The molecule has 1 amide bonds. The van der Waals surface area contributed by atoms with Gasteiger partial charge in [-0.05, 0) is 37.3 Å². The smallest absolute Gasteiger partial charge is 0.244 e. The molecule has 0 saturated carbocycles. The molecule has 0 radical (unpaired) electrons. The summed E-state index contributed by atoms with van der Waals surface area (Å²) in [4.78, 5) is 16.5. The summed E-state index contributed by atoms with van der Waals surface area (Å²) in [5.41, 5.74) is 2.26. The van der Waals surface area contributed by atoms with Gasteiger partial charge in [-0.2, -0.15) is 0 Å². The summed E-state index contributed by atoms with van der Waals surface area (Å²) >= 11 is 0. The van der Waals surface area contributed by atoms with Gasteiger partial charge in [-0.3, -0.25) is 4.79 Å². The number of aromatic nitrogens is 1. The fraction of sp³-hybridized carbons (Fsp3) is 0.200. The third-order valence-electron chi connectivity index (χ3n) is 3.95. The number of carbonyl (C=O) groups is 1. The van der Waals surface area contributed by atoms with Gasteiger partial charge in [-0.25, -0.2) is 4.98 Å². The van der Waals surface area contributed by atoms with Crippen LogP contribution in [0.5, 0.6) is 11.5 Å². The highest BCUT2D eigenvalue weighted by Gasteiger charge is 2.14. The molecule has 6 heteroatoms. The number of hydrogen-bond donors (Lipinski definition) is 1. The number of hydrogen-bond acceptors (Lipinski definition) is 5. The van der Waals surface area contributed by atoms with Crippen LogP contribution in [0.25, 0.3) is 17.2 Å². The predicted molar refractivity (Wildman–Crippen MR) is 99.1 cm³/mol. The molecule has 1 atom stereocenters. The second-order valence-electron chi connectivity index (χ2n) is 5.69. The Labute approximate surface area is 151 Å². The van der Waals surface area contributed by atoms with E-state index in [0.29, 0.717) is 23.0 Å². The minimum atomic E-state index is -0.263. The molecule has 3 aromatic rings. The summed E-state index contributed by atoms with van der Waals surface area (Å²) in [5.74, 6) is 1.50. The van der Waals surface area contributed by atoms with Gasteiger partial charge in [0.1, 0.15) is 17.0 Å². The zero-order valence-corrected chi connectivity index (χ0v) is 14.9. The first-order chi connectivity index (χ1) is 12.6. The molecular formula is C20H20N2O4. The van der Waals surface area contributed by atoms with E-state index < -0.39 is 0 Å². The van der Waals surface area contributed by atoms with Crippen LogP contribution in [0.15, 0.2) is 53.0 Å². The number of para-hydroxylation sites is 2. The van der Waals surface area contributed by atoms with E-state index in [1.54, 1.807) is 20.3 Å². The molecule has 1 N–H and O–H groups in total. The van der Waals surface area contributed by atoms with Crippen molar-refractivity contribution in [2.45, 2.75) is 13.0 Å². The lowest BCUT2D eigenvalue weighted by Gasteiger charge is -2.17. The van der Waals surface area contributed by atoms with E-state index in [-0.39, 0.29) is 11.9 Å². The van der Waals surface area contributed by atoms with Gasteiger partial charge in [0.25, 0.3) is 0 Å². The normalized spacial score (nSPS) is 12.3. The van der Waals surface area contributed by atoms with Crippen LogP contribution < -0.4 is 14.8 Å². The molecule has 1 aromatic heterocycles. The first kappa shape index (κ1) is 17.5. The van der Waals surface area contributed by atoms with E-state index in [0.717, 1.165) is 11.1 Å². The molecule has 0 aliphatic heterocycles. The van der Waals surface area contributed by atoms with Crippen molar-refractivity contribution in [3.63, 3.8) is 0 Å². The highest BCUT2D eigenvalue weighted by Crippen LogP contribution is 2.29. The van der Waals surface area contributed by atoms with E-state index in [1.807, 2.05) is 49.4 Å². The fourth-order valence-electron chi connectivity index (χ4n) is 2.63. The molecule has 6 nitrogen and oxygen atoms in total. The number of benzene rings is 2. The summed E-state index contributed by atoms with van der Waals surface area (Å²) in [6, 6.07) is 12.6. The molecule has 2 aromatic carbocycles. The SMILES string of the molecule is COc1ccc(OC)c(C(C)NC(=O)/C=C/c2nc3ccccc3o2)c1. The average Bonchev–Trinajstić information content (AvgIpc) is 3.08. The van der Waals surface area contributed by atoms with Gasteiger partial charge in [0, 0.05) is 17.7 Å². The number of nitrogens with zero attached hydrogens (tertiary/aromatic N) is 1. The van der Waals surface area contributed by atoms with Crippen molar-refractivity contribution < 1.29 is 18.7 Å². The average molecular weight is 352 g/mol. The van der Waals surface area contributed by atoms with Crippen molar-refractivity contribution in [3.05, 3.63) is 60.0 Å². The lowest BCUT2D eigenvalue weighted by Crippen LogP contribution is -2.25. The highest BCUT2D eigenvalue weighted by molar-refractivity contribution is 5.91. The van der Waals surface area contributed by atoms with E-state index in [4.69, 9.17) is 13.9 Å². The molecule has 1 heterocycles. The molecule has 0 saturated heterocycles. The number of amides is 1. The summed E-state index contributed by atoms with van der Waals surface area (Å²) in [7, 11) is 3.19. The van der Waals surface area contributed by atoms with Crippen molar-refractivity contribution in [2.24, 2.45) is 0 Å². The number of carbonyl (C=O) groups excluding carboxylic acids is 1. The van der Waals surface area contributed by atoms with Gasteiger partial charge < -0.3 is 19.2 Å². The van der Waals surface area contributed by atoms with E-state index in [2.05, 4.69) is 10.3 Å². The van der Waals surface area contributed by atoms with Gasteiger partial charge in [0.2, 0.25) is 11.8 Å². The van der Waals surface area contributed by atoms with Gasteiger partial charge in [0.05, 0.1) is 20.3 Å². The minimum Gasteiger partial charge on any atom is -0.497 e. The van der Waals surface area contributed by atoms with Crippen LogP contribution in [-0.2, 0) is 4.79 Å². The molecule has 0 aliphatic rings. The topological polar surface area (TPSA) is 73.6 Å². The van der Waals surface area contributed by atoms with Gasteiger partial charge in [-0.15, -0.1) is 0 Å². The molecule has 0 fully saturated rings. The van der Waals surface area contributed by atoms with E-state index in [9.17, 15) is 4.79 Å². The monoisotopic (exact) mass is 352 g/mol. The van der Waals surface area contributed by atoms with Crippen molar-refractivity contribution >= 4 is 23.1 Å². The van der Waals surface area contributed by atoms with E-state index in [1.165, 1.54) is 6.08 Å². The summed E-state index contributed by atoms with van der Waals surface area (Å²) in [6.07, 6.45) is 2.94. The third kappa shape index (κ3) is 3.85. The molecule has 0 aliphatic carbocycles. The van der Waals surface area contributed by atoms with Crippen LogP contribution >= 0.6 is 0 Å². The number of oxazole rings is 1. The quantitative estimate of drug-likeness (QED) is 0.684. The zero-order valence-electron chi connectivity index (χ0n) is 14.9. The van der Waals surface area contributed by atoms with Gasteiger partial charge >= 0.3 is 0 Å². The van der Waals surface area contributed by atoms with Crippen molar-refractivity contribution in [2.75, 3.05) is 14.2 Å². The first-order valence-corrected chi connectivity index (χ1v) is 8.17. The van der Waals surface area contributed by atoms with Crippen LogP contribution in [0.4, 0.5) is 0 Å². The Balaban J connectivity index is 1.71. The number of nitrogens with one attached hydrogen (secondary N) is 1. The Kier molecular flexibility index (Phi) is 5.22. The Bertz CT molecular complexity index is 913. The molecular weight excluding hydrogens is 332 g/mol. The number of methoxy groups -OCH3 is 2. The summed E-state index contributed by atoms with van der Waals surface area (Å²) in [5, 5.41) is 2.90. The molecule has 1 unspecified atom stereocenters. The van der Waals surface area contributed by atoms with Gasteiger partial charge in [-0.1, -0.05) is 12.1 Å². The molecule has 134 valence electrons. The Hall–Kier alpha value is -3.28. The summed E-state index contributed by atoms with van der Waals surface area (Å²) in [6.45, 7) is 1.88. The zero-order chi connectivity index (χ0) is 18.5. The maximum Gasteiger partial charge on any atom is 0.244 e. The standard InChI is InChI=1S/C20H20N2O4/c1-13(15-12-14(24-2)8-9-17(15)25-3)21-19(23)10-11-20-22-16-6-4-5-7-18(16)26-20/h4-13H,1-3H3,(H,21,23)/b11-10+. The van der Waals surface area contributed by atoms with Crippen LogP contribution in [-0.4, -0.2) is 25.1 Å².